The fourth-order valence-corrected chi connectivity index (χ4v) is 4.06. The highest BCUT2D eigenvalue weighted by molar-refractivity contribution is 7.80. The molecule has 0 bridgehead atoms. The number of hydrogen-bond donors (Lipinski definition) is 2. The van der Waals surface area contributed by atoms with Crippen LogP contribution in [0.2, 0.25) is 0 Å². The van der Waals surface area contributed by atoms with Gasteiger partial charge in [0.05, 0.1) is 0 Å². The second kappa shape index (κ2) is 8.59. The fourth-order valence-electron chi connectivity index (χ4n) is 3.76. The zero-order valence-corrected chi connectivity index (χ0v) is 16.7. The summed E-state index contributed by atoms with van der Waals surface area (Å²) in [6.07, 6.45) is 0.362. The van der Waals surface area contributed by atoms with Crippen molar-refractivity contribution in [3.05, 3.63) is 28.8 Å². The lowest BCUT2D eigenvalue weighted by Crippen LogP contribution is -2.60. The van der Waals surface area contributed by atoms with Gasteiger partial charge in [-0.15, -0.1) is 0 Å². The Labute approximate surface area is 159 Å². The third-order valence-electron chi connectivity index (χ3n) is 5.37. The van der Waals surface area contributed by atoms with Gasteiger partial charge >= 0.3 is 6.18 Å². The van der Waals surface area contributed by atoms with Gasteiger partial charge < -0.3 is 10.6 Å². The van der Waals surface area contributed by atoms with Crippen molar-refractivity contribution in [3.8, 4) is 0 Å². The molecule has 0 radical (unpaired) electrons. The van der Waals surface area contributed by atoms with Gasteiger partial charge in [0.2, 0.25) is 0 Å². The van der Waals surface area contributed by atoms with Crippen LogP contribution in [0.3, 0.4) is 0 Å². The first kappa shape index (κ1) is 21.0. The van der Waals surface area contributed by atoms with E-state index >= 15 is 0 Å². The highest BCUT2D eigenvalue weighted by atomic mass is 32.1. The third-order valence-corrected chi connectivity index (χ3v) is 5.58. The predicted molar refractivity (Wildman–Crippen MR) is 106 cm³/mol. The Morgan fingerprint density at radius 2 is 1.54 bits per heavy atom. The maximum absolute atomic E-state index is 13.7. The molecule has 2 N–H and O–H groups in total. The van der Waals surface area contributed by atoms with Crippen molar-refractivity contribution in [3.63, 3.8) is 0 Å². The van der Waals surface area contributed by atoms with E-state index < -0.39 is 11.7 Å². The monoisotopic (exact) mass is 386 g/mol. The molecule has 26 heavy (non-hydrogen) atoms. The number of aryl methyl sites for hydroxylation is 3. The first-order chi connectivity index (χ1) is 12.3. The van der Waals surface area contributed by atoms with Gasteiger partial charge in [-0.2, -0.15) is 13.2 Å². The Kier molecular flexibility index (Phi) is 6.94. The maximum Gasteiger partial charge on any atom is 0.411 e. The number of benzene rings is 1. The zero-order chi connectivity index (χ0) is 19.4. The predicted octanol–water partition coefficient (Wildman–Crippen LogP) is 5.93. The van der Waals surface area contributed by atoms with Crippen molar-refractivity contribution in [2.75, 3.05) is 5.32 Å². The SMILES string of the molecule is CCc1cc(CC)c(NC(=S)NC2(C(F)(F)F)CCCCC2)c(CC)c1. The van der Waals surface area contributed by atoms with E-state index in [9.17, 15) is 13.2 Å². The number of anilines is 1. The summed E-state index contributed by atoms with van der Waals surface area (Å²) in [5, 5.41) is 5.81. The molecule has 0 heterocycles. The summed E-state index contributed by atoms with van der Waals surface area (Å²) in [7, 11) is 0. The van der Waals surface area contributed by atoms with Crippen molar-refractivity contribution in [1.29, 1.82) is 0 Å². The van der Waals surface area contributed by atoms with E-state index in [4.69, 9.17) is 12.2 Å². The number of nitrogens with one attached hydrogen (secondary N) is 2. The van der Waals surface area contributed by atoms with Gasteiger partial charge in [0, 0.05) is 5.69 Å². The Bertz CT molecular complexity index is 609. The highest BCUT2D eigenvalue weighted by Gasteiger charge is 2.55. The number of rotatable bonds is 5. The fraction of sp³-hybridized carbons (Fsp3) is 0.650. The lowest BCUT2D eigenvalue weighted by Gasteiger charge is -2.40. The molecular formula is C20H29F3N2S. The minimum Gasteiger partial charge on any atom is -0.348 e. The topological polar surface area (TPSA) is 24.1 Å². The van der Waals surface area contributed by atoms with Crippen LogP contribution < -0.4 is 10.6 Å². The van der Waals surface area contributed by atoms with Gasteiger partial charge in [0.15, 0.2) is 5.11 Å². The average Bonchev–Trinajstić information content (AvgIpc) is 2.61. The van der Waals surface area contributed by atoms with E-state index in [2.05, 4.69) is 29.7 Å². The zero-order valence-electron chi connectivity index (χ0n) is 15.9. The van der Waals surface area contributed by atoms with Crippen LogP contribution in [0, 0.1) is 0 Å². The second-order valence-electron chi connectivity index (χ2n) is 7.07. The van der Waals surface area contributed by atoms with E-state index in [0.29, 0.717) is 12.8 Å². The van der Waals surface area contributed by atoms with Crippen LogP contribution in [0.5, 0.6) is 0 Å². The Morgan fingerprint density at radius 1 is 1.00 bits per heavy atom. The number of alkyl halides is 3. The van der Waals surface area contributed by atoms with Crippen LogP contribution in [0.15, 0.2) is 12.1 Å². The van der Waals surface area contributed by atoms with Gasteiger partial charge in [-0.25, -0.2) is 0 Å². The minimum absolute atomic E-state index is 0.0675. The van der Waals surface area contributed by atoms with Gasteiger partial charge in [0.1, 0.15) is 5.54 Å². The van der Waals surface area contributed by atoms with Gasteiger partial charge in [0.25, 0.3) is 0 Å². The maximum atomic E-state index is 13.7. The summed E-state index contributed by atoms with van der Waals surface area (Å²) in [5.74, 6) is 0. The van der Waals surface area contributed by atoms with Crippen LogP contribution in [0.4, 0.5) is 18.9 Å². The molecule has 0 amide bonds. The molecule has 1 aliphatic rings. The van der Waals surface area contributed by atoms with E-state index in [0.717, 1.165) is 42.5 Å². The summed E-state index contributed by atoms with van der Waals surface area (Å²) in [6.45, 7) is 6.20. The molecule has 0 unspecified atom stereocenters. The third kappa shape index (κ3) is 4.51. The molecule has 0 aromatic heterocycles. The molecule has 0 saturated heterocycles. The van der Waals surface area contributed by atoms with Crippen LogP contribution in [0.1, 0.15) is 69.6 Å². The number of hydrogen-bond acceptors (Lipinski definition) is 1. The molecule has 0 atom stereocenters. The van der Waals surface area contributed by atoms with E-state index in [1.807, 2.05) is 13.8 Å². The minimum atomic E-state index is -4.31. The van der Waals surface area contributed by atoms with Crippen LogP contribution >= 0.6 is 12.2 Å². The summed E-state index contributed by atoms with van der Waals surface area (Å²) in [6, 6.07) is 4.23. The smallest absolute Gasteiger partial charge is 0.348 e. The van der Waals surface area contributed by atoms with E-state index in [1.165, 1.54) is 5.56 Å². The summed E-state index contributed by atoms with van der Waals surface area (Å²) >= 11 is 5.31. The molecular weight excluding hydrogens is 357 g/mol. The Morgan fingerprint density at radius 3 is 1.96 bits per heavy atom. The molecule has 146 valence electrons. The van der Waals surface area contributed by atoms with Crippen LogP contribution in [-0.2, 0) is 19.3 Å². The van der Waals surface area contributed by atoms with Crippen molar-refractivity contribution >= 4 is 23.0 Å². The molecule has 6 heteroatoms. The Hall–Kier alpha value is -1.30. The summed E-state index contributed by atoms with van der Waals surface area (Å²) < 4.78 is 41.2. The lowest BCUT2D eigenvalue weighted by atomic mass is 9.81. The van der Waals surface area contributed by atoms with Gasteiger partial charge in [-0.3, -0.25) is 0 Å². The molecule has 2 rings (SSSR count). The van der Waals surface area contributed by atoms with E-state index in [1.54, 1.807) is 0 Å². The van der Waals surface area contributed by atoms with Crippen molar-refractivity contribution < 1.29 is 13.2 Å². The van der Waals surface area contributed by atoms with Gasteiger partial charge in [-0.05, 0) is 61.0 Å². The van der Waals surface area contributed by atoms with Crippen molar-refractivity contribution in [2.24, 2.45) is 0 Å². The largest absolute Gasteiger partial charge is 0.411 e. The van der Waals surface area contributed by atoms with Gasteiger partial charge in [-0.1, -0.05) is 52.2 Å². The normalized spacial score (nSPS) is 17.0. The average molecular weight is 387 g/mol. The van der Waals surface area contributed by atoms with Crippen LogP contribution in [0.25, 0.3) is 0 Å². The molecule has 0 aliphatic heterocycles. The molecule has 1 aromatic rings. The quantitative estimate of drug-likeness (QED) is 0.614. The number of halogens is 3. The van der Waals surface area contributed by atoms with Crippen LogP contribution in [-0.4, -0.2) is 16.8 Å². The molecule has 0 spiro atoms. The first-order valence-electron chi connectivity index (χ1n) is 9.56. The highest BCUT2D eigenvalue weighted by Crippen LogP contribution is 2.41. The number of thiocarbonyl (C=S) groups is 1. The Balaban J connectivity index is 2.26. The van der Waals surface area contributed by atoms with E-state index in [-0.39, 0.29) is 18.0 Å². The summed E-state index contributed by atoms with van der Waals surface area (Å²) in [4.78, 5) is 0. The second-order valence-corrected chi connectivity index (χ2v) is 7.48. The van der Waals surface area contributed by atoms with Crippen molar-refractivity contribution in [2.45, 2.75) is 83.9 Å². The molecule has 2 nitrogen and oxygen atoms in total. The lowest BCUT2D eigenvalue weighted by molar-refractivity contribution is -0.200. The molecule has 1 fully saturated rings. The standard InChI is InChI=1S/C20H29F3N2S/c1-4-14-12-15(5-2)17(16(6-3)13-14)24-18(26)25-19(20(21,22)23)10-8-7-9-11-19/h12-13H,4-11H2,1-3H3,(H2,24,25,26). The molecule has 1 aliphatic carbocycles. The van der Waals surface area contributed by atoms with Crippen molar-refractivity contribution in [1.82, 2.24) is 5.32 Å². The first-order valence-corrected chi connectivity index (χ1v) is 9.97. The summed E-state index contributed by atoms with van der Waals surface area (Å²) in [5.41, 5.74) is 2.38. The molecule has 1 saturated carbocycles. The molecule has 1 aromatic carbocycles.